The lowest BCUT2D eigenvalue weighted by molar-refractivity contribution is -0.953. The van der Waals surface area contributed by atoms with Crippen molar-refractivity contribution in [3.8, 4) is 5.88 Å². The maximum atomic E-state index is 13.9. The fraction of sp³-hybridized carbons (Fsp3) is 0.409. The second-order valence-corrected chi connectivity index (χ2v) is 8.83. The molecule has 31 heavy (non-hydrogen) atoms. The van der Waals surface area contributed by atoms with Crippen molar-refractivity contribution >= 4 is 29.1 Å². The third-order valence-electron chi connectivity index (χ3n) is 6.61. The molecule has 0 aliphatic carbocycles. The summed E-state index contributed by atoms with van der Waals surface area (Å²) < 4.78 is 5.51. The monoisotopic (exact) mass is 445 g/mol. The molecular formula is C22H26ClN4O4+. The number of amides is 2. The highest BCUT2D eigenvalue weighted by atomic mass is 35.5. The quantitative estimate of drug-likeness (QED) is 0.620. The number of carbonyl (C=O) groups excluding carboxylic acids is 2. The van der Waals surface area contributed by atoms with E-state index in [1.807, 2.05) is 20.0 Å². The van der Waals surface area contributed by atoms with Crippen LogP contribution in [0.25, 0.3) is 0 Å². The van der Waals surface area contributed by atoms with Crippen molar-refractivity contribution in [2.45, 2.75) is 31.0 Å². The van der Waals surface area contributed by atoms with Gasteiger partial charge < -0.3 is 20.5 Å². The third kappa shape index (κ3) is 2.93. The molecule has 1 aromatic carbocycles. The van der Waals surface area contributed by atoms with Gasteiger partial charge in [-0.15, -0.1) is 0 Å². The zero-order valence-electron chi connectivity index (χ0n) is 17.9. The van der Waals surface area contributed by atoms with E-state index in [0.29, 0.717) is 21.8 Å². The summed E-state index contributed by atoms with van der Waals surface area (Å²) in [5, 5.41) is 16.8. The average Bonchev–Trinajstić information content (AvgIpc) is 3.20. The van der Waals surface area contributed by atoms with Crippen LogP contribution in [0.15, 0.2) is 30.5 Å². The highest BCUT2D eigenvalue weighted by Crippen LogP contribution is 2.54. The van der Waals surface area contributed by atoms with E-state index in [-0.39, 0.29) is 35.1 Å². The first-order valence-corrected chi connectivity index (χ1v) is 10.4. The number of anilines is 1. The van der Waals surface area contributed by atoms with Crippen LogP contribution in [-0.2, 0) is 15.1 Å². The number of nitrogens with zero attached hydrogens (tertiary/aromatic N) is 2. The Morgan fingerprint density at radius 3 is 2.81 bits per heavy atom. The SMILES string of the molecule is CNC(=O)[C@@H]1C[C@@H](O)C[N+]1(C)C1(c2cc(C)cnc2OC)C(=O)Nc2ccc(Cl)cc21. The van der Waals surface area contributed by atoms with Gasteiger partial charge in [-0.2, -0.15) is 0 Å². The number of quaternary nitrogens is 1. The Kier molecular flexibility index (Phi) is 5.20. The normalized spacial score (nSPS) is 29.4. The van der Waals surface area contributed by atoms with Crippen molar-refractivity contribution in [3.63, 3.8) is 0 Å². The van der Waals surface area contributed by atoms with E-state index >= 15 is 0 Å². The smallest absolute Gasteiger partial charge is 0.296 e. The number of methoxy groups -OCH3 is 1. The molecule has 3 N–H and O–H groups in total. The molecule has 2 aliphatic rings. The molecule has 1 saturated heterocycles. The van der Waals surface area contributed by atoms with Crippen molar-refractivity contribution in [1.82, 2.24) is 10.3 Å². The first-order chi connectivity index (χ1) is 14.7. The zero-order valence-corrected chi connectivity index (χ0v) is 18.7. The number of halogens is 1. The molecule has 0 bridgehead atoms. The van der Waals surface area contributed by atoms with Gasteiger partial charge in [0.05, 0.1) is 31.0 Å². The number of carbonyl (C=O) groups is 2. The van der Waals surface area contributed by atoms with Crippen molar-refractivity contribution in [2.75, 3.05) is 33.1 Å². The lowest BCUT2D eigenvalue weighted by atomic mass is 9.79. The third-order valence-corrected chi connectivity index (χ3v) is 6.84. The Morgan fingerprint density at radius 1 is 1.39 bits per heavy atom. The van der Waals surface area contributed by atoms with Crippen molar-refractivity contribution in [2.24, 2.45) is 0 Å². The van der Waals surface area contributed by atoms with Gasteiger partial charge in [0.25, 0.3) is 11.8 Å². The fourth-order valence-corrected chi connectivity index (χ4v) is 5.49. The molecule has 0 saturated carbocycles. The largest absolute Gasteiger partial charge is 0.481 e. The predicted octanol–water partition coefficient (Wildman–Crippen LogP) is 1.57. The number of rotatable bonds is 4. The molecule has 1 fully saturated rings. The van der Waals surface area contributed by atoms with E-state index in [0.717, 1.165) is 5.56 Å². The Balaban J connectivity index is 2.13. The molecule has 2 amide bonds. The van der Waals surface area contributed by atoms with Crippen LogP contribution in [0.1, 0.15) is 23.1 Å². The van der Waals surface area contributed by atoms with Crippen LogP contribution in [0.5, 0.6) is 5.88 Å². The molecular weight excluding hydrogens is 420 g/mol. The van der Waals surface area contributed by atoms with E-state index in [9.17, 15) is 14.7 Å². The lowest BCUT2D eigenvalue weighted by Gasteiger charge is -2.48. The Hall–Kier alpha value is -2.68. The van der Waals surface area contributed by atoms with Gasteiger partial charge in [-0.05, 0) is 36.8 Å². The van der Waals surface area contributed by atoms with Gasteiger partial charge in [-0.3, -0.25) is 14.1 Å². The number of fused-ring (bicyclic) bond motifs is 1. The van der Waals surface area contributed by atoms with Crippen molar-refractivity contribution in [1.29, 1.82) is 0 Å². The minimum Gasteiger partial charge on any atom is -0.481 e. The molecule has 4 rings (SSSR count). The van der Waals surface area contributed by atoms with E-state index < -0.39 is 17.7 Å². The number of aryl methyl sites for hydroxylation is 1. The molecule has 2 aromatic rings. The lowest BCUT2D eigenvalue weighted by Crippen LogP contribution is -2.68. The number of nitrogens with one attached hydrogen (secondary N) is 2. The van der Waals surface area contributed by atoms with E-state index in [2.05, 4.69) is 15.6 Å². The van der Waals surface area contributed by atoms with Crippen LogP contribution < -0.4 is 15.4 Å². The molecule has 2 aliphatic heterocycles. The highest BCUT2D eigenvalue weighted by Gasteiger charge is 2.69. The summed E-state index contributed by atoms with van der Waals surface area (Å²) in [6.07, 6.45) is 1.13. The number of hydrogen-bond donors (Lipinski definition) is 3. The average molecular weight is 446 g/mol. The molecule has 3 heterocycles. The number of benzene rings is 1. The molecule has 8 nitrogen and oxygen atoms in total. The van der Waals surface area contributed by atoms with Crippen LogP contribution in [0.4, 0.5) is 5.69 Å². The number of likely N-dealkylation sites (tertiary alicyclic amines) is 1. The van der Waals surface area contributed by atoms with E-state index in [4.69, 9.17) is 16.3 Å². The number of ether oxygens (including phenoxy) is 1. The molecule has 2 unspecified atom stereocenters. The van der Waals surface area contributed by atoms with Gasteiger partial charge in [0.1, 0.15) is 12.6 Å². The molecule has 4 atom stereocenters. The molecule has 0 spiro atoms. The van der Waals surface area contributed by atoms with E-state index in [1.165, 1.54) is 7.11 Å². The highest BCUT2D eigenvalue weighted by molar-refractivity contribution is 6.31. The summed E-state index contributed by atoms with van der Waals surface area (Å²) >= 11 is 6.38. The maximum absolute atomic E-state index is 13.9. The van der Waals surface area contributed by atoms with Crippen LogP contribution in [-0.4, -0.2) is 66.3 Å². The predicted molar refractivity (Wildman–Crippen MR) is 116 cm³/mol. The van der Waals surface area contributed by atoms with E-state index in [1.54, 1.807) is 31.4 Å². The van der Waals surface area contributed by atoms with Gasteiger partial charge in [-0.1, -0.05) is 11.6 Å². The van der Waals surface area contributed by atoms with Gasteiger partial charge in [-0.25, -0.2) is 4.98 Å². The van der Waals surface area contributed by atoms with Crippen LogP contribution >= 0.6 is 11.6 Å². The molecule has 1 aromatic heterocycles. The van der Waals surface area contributed by atoms with Crippen LogP contribution in [0.2, 0.25) is 5.02 Å². The van der Waals surface area contributed by atoms with Crippen LogP contribution in [0, 0.1) is 6.92 Å². The second kappa shape index (κ2) is 7.47. The Labute approximate surface area is 185 Å². The Bertz CT molecular complexity index is 1080. The minimum absolute atomic E-state index is 0.0749. The summed E-state index contributed by atoms with van der Waals surface area (Å²) in [7, 11) is 4.88. The first kappa shape index (κ1) is 21.5. The van der Waals surface area contributed by atoms with Crippen molar-refractivity contribution in [3.05, 3.63) is 52.2 Å². The van der Waals surface area contributed by atoms with Crippen LogP contribution in [0.3, 0.4) is 0 Å². The number of aliphatic hydroxyl groups excluding tert-OH is 1. The fourth-order valence-electron chi connectivity index (χ4n) is 5.32. The zero-order chi connectivity index (χ0) is 22.6. The minimum atomic E-state index is -1.40. The second-order valence-electron chi connectivity index (χ2n) is 8.39. The summed E-state index contributed by atoms with van der Waals surface area (Å²) in [5.74, 6) is -0.285. The standard InChI is InChI=1S/C22H25ClN4O4/c1-12-7-16(20(31-4)25-10-12)22(15-8-13(23)5-6-17(15)26-21(22)30)27(3)11-14(28)9-18(27)19(29)24-2/h5-8,10,14,18,28H,9,11H2,1-4H3,(H-,24,26,29,30)/p+1/t14-,18+,22?,27?/m1/s1. The van der Waals surface area contributed by atoms with Gasteiger partial charge in [0.2, 0.25) is 11.4 Å². The Morgan fingerprint density at radius 2 is 2.13 bits per heavy atom. The number of aromatic nitrogens is 1. The number of hydrogen-bond acceptors (Lipinski definition) is 5. The van der Waals surface area contributed by atoms with Crippen molar-refractivity contribution < 1.29 is 23.9 Å². The topological polar surface area (TPSA) is 101 Å². The molecule has 0 radical (unpaired) electrons. The first-order valence-electron chi connectivity index (χ1n) is 10.1. The number of aliphatic hydroxyl groups is 1. The molecule has 164 valence electrons. The summed E-state index contributed by atoms with van der Waals surface area (Å²) in [6.45, 7) is 2.07. The number of likely N-dealkylation sites (N-methyl/N-ethyl adjacent to an activating group) is 2. The maximum Gasteiger partial charge on any atom is 0.296 e. The number of pyridine rings is 1. The summed E-state index contributed by atoms with van der Waals surface area (Å²) in [6, 6.07) is 6.38. The van der Waals surface area contributed by atoms with Gasteiger partial charge in [0.15, 0.2) is 6.04 Å². The summed E-state index contributed by atoms with van der Waals surface area (Å²) in [4.78, 5) is 31.3. The van der Waals surface area contributed by atoms with Gasteiger partial charge >= 0.3 is 0 Å². The van der Waals surface area contributed by atoms with Gasteiger partial charge in [0, 0.05) is 24.7 Å². The molecule has 9 heteroatoms. The summed E-state index contributed by atoms with van der Waals surface area (Å²) in [5.41, 5.74) is 1.19.